The highest BCUT2D eigenvalue weighted by molar-refractivity contribution is 5.46. The van der Waals surface area contributed by atoms with Gasteiger partial charge in [-0.2, -0.15) is 0 Å². The molecule has 13 heavy (non-hydrogen) atoms. The highest BCUT2D eigenvalue weighted by Gasteiger charge is 2.30. The Hall–Kier alpha value is -0.980. The monoisotopic (exact) mass is 176 g/mol. The Morgan fingerprint density at radius 2 is 1.92 bits per heavy atom. The maximum atomic E-state index is 5.86. The summed E-state index contributed by atoms with van der Waals surface area (Å²) in [5.41, 5.74) is 4.02. The van der Waals surface area contributed by atoms with Crippen molar-refractivity contribution < 1.29 is 4.74 Å². The SMILES string of the molecule is Cc1cc(C)c2c(c1)OC(C)(C)C2. The quantitative estimate of drug-likeness (QED) is 0.590. The molecular weight excluding hydrogens is 160 g/mol. The molecule has 0 saturated heterocycles. The summed E-state index contributed by atoms with van der Waals surface area (Å²) >= 11 is 0. The van der Waals surface area contributed by atoms with Gasteiger partial charge in [-0.15, -0.1) is 0 Å². The van der Waals surface area contributed by atoms with Crippen LogP contribution in [0.1, 0.15) is 30.5 Å². The molecule has 0 unspecified atom stereocenters. The minimum Gasteiger partial charge on any atom is -0.487 e. The van der Waals surface area contributed by atoms with Gasteiger partial charge in [0.1, 0.15) is 11.4 Å². The third-order valence-corrected chi connectivity index (χ3v) is 2.57. The smallest absolute Gasteiger partial charge is 0.123 e. The number of rotatable bonds is 0. The summed E-state index contributed by atoms with van der Waals surface area (Å²) in [5, 5.41) is 0. The number of hydrogen-bond donors (Lipinski definition) is 0. The number of fused-ring (bicyclic) bond motifs is 1. The zero-order valence-corrected chi connectivity index (χ0v) is 8.77. The second kappa shape index (κ2) is 2.50. The first-order valence-corrected chi connectivity index (χ1v) is 4.77. The average Bonchev–Trinajstić information content (AvgIpc) is 2.23. The molecule has 1 heterocycles. The average molecular weight is 176 g/mol. The van der Waals surface area contributed by atoms with Crippen molar-refractivity contribution in [3.05, 3.63) is 28.8 Å². The molecule has 0 atom stereocenters. The molecule has 1 aliphatic heterocycles. The fourth-order valence-electron chi connectivity index (χ4n) is 2.04. The minimum atomic E-state index is -0.0130. The van der Waals surface area contributed by atoms with Gasteiger partial charge in [0.15, 0.2) is 0 Å². The molecule has 0 saturated carbocycles. The van der Waals surface area contributed by atoms with Crippen molar-refractivity contribution in [2.75, 3.05) is 0 Å². The maximum absolute atomic E-state index is 5.86. The fraction of sp³-hybridized carbons (Fsp3) is 0.500. The van der Waals surface area contributed by atoms with Crippen LogP contribution in [-0.4, -0.2) is 5.60 Å². The fourth-order valence-corrected chi connectivity index (χ4v) is 2.04. The summed E-state index contributed by atoms with van der Waals surface area (Å²) in [6, 6.07) is 4.36. The number of ether oxygens (including phenoxy) is 1. The molecule has 0 fully saturated rings. The minimum absolute atomic E-state index is 0.0130. The van der Waals surface area contributed by atoms with Crippen LogP contribution in [0.25, 0.3) is 0 Å². The van der Waals surface area contributed by atoms with E-state index in [0.717, 1.165) is 12.2 Å². The lowest BCUT2D eigenvalue weighted by molar-refractivity contribution is 0.138. The normalized spacial score (nSPS) is 18.2. The van der Waals surface area contributed by atoms with Gasteiger partial charge in [-0.3, -0.25) is 0 Å². The molecule has 0 N–H and O–H groups in total. The standard InChI is InChI=1S/C12H16O/c1-8-5-9(2)10-7-12(3,4)13-11(10)6-8/h5-6H,7H2,1-4H3. The van der Waals surface area contributed by atoms with Crippen LogP contribution in [0.15, 0.2) is 12.1 Å². The Balaban J connectivity index is 2.52. The molecule has 0 radical (unpaired) electrons. The topological polar surface area (TPSA) is 9.23 Å². The first-order valence-electron chi connectivity index (χ1n) is 4.77. The van der Waals surface area contributed by atoms with Gasteiger partial charge in [0, 0.05) is 12.0 Å². The van der Waals surface area contributed by atoms with E-state index in [2.05, 4.69) is 39.8 Å². The number of aryl methyl sites for hydroxylation is 2. The van der Waals surface area contributed by atoms with E-state index in [1.807, 2.05) is 0 Å². The molecule has 2 rings (SSSR count). The lowest BCUT2D eigenvalue weighted by Crippen LogP contribution is -2.24. The molecule has 0 aliphatic carbocycles. The number of benzene rings is 1. The van der Waals surface area contributed by atoms with Gasteiger partial charge in [-0.1, -0.05) is 6.07 Å². The Morgan fingerprint density at radius 3 is 2.62 bits per heavy atom. The van der Waals surface area contributed by atoms with Crippen molar-refractivity contribution in [3.8, 4) is 5.75 Å². The van der Waals surface area contributed by atoms with Gasteiger partial charge >= 0.3 is 0 Å². The summed E-state index contributed by atoms with van der Waals surface area (Å²) in [6.07, 6.45) is 1.04. The zero-order chi connectivity index (χ0) is 9.64. The van der Waals surface area contributed by atoms with Crippen LogP contribution in [0.3, 0.4) is 0 Å². The van der Waals surface area contributed by atoms with Crippen molar-refractivity contribution >= 4 is 0 Å². The van der Waals surface area contributed by atoms with E-state index < -0.39 is 0 Å². The molecular formula is C12H16O. The van der Waals surface area contributed by atoms with E-state index in [1.54, 1.807) is 0 Å². The van der Waals surface area contributed by atoms with Crippen LogP contribution in [0.4, 0.5) is 0 Å². The van der Waals surface area contributed by atoms with E-state index in [9.17, 15) is 0 Å². The highest BCUT2D eigenvalue weighted by atomic mass is 16.5. The van der Waals surface area contributed by atoms with Crippen molar-refractivity contribution in [1.29, 1.82) is 0 Å². The molecule has 0 bridgehead atoms. The molecule has 1 aliphatic rings. The molecule has 1 heteroatoms. The maximum Gasteiger partial charge on any atom is 0.123 e. The van der Waals surface area contributed by atoms with Crippen LogP contribution in [0.2, 0.25) is 0 Å². The Kier molecular flexibility index (Phi) is 1.66. The molecule has 0 spiro atoms. The van der Waals surface area contributed by atoms with E-state index in [1.165, 1.54) is 16.7 Å². The van der Waals surface area contributed by atoms with Crippen molar-refractivity contribution in [2.45, 2.75) is 39.7 Å². The Bertz CT molecular complexity index is 350. The van der Waals surface area contributed by atoms with Gasteiger partial charge < -0.3 is 4.74 Å². The predicted molar refractivity (Wildman–Crippen MR) is 54.3 cm³/mol. The lowest BCUT2D eigenvalue weighted by Gasteiger charge is -2.16. The Morgan fingerprint density at radius 1 is 1.23 bits per heavy atom. The van der Waals surface area contributed by atoms with Crippen molar-refractivity contribution in [2.24, 2.45) is 0 Å². The van der Waals surface area contributed by atoms with Crippen LogP contribution in [-0.2, 0) is 6.42 Å². The van der Waals surface area contributed by atoms with E-state index in [-0.39, 0.29) is 5.60 Å². The third kappa shape index (κ3) is 1.43. The lowest BCUT2D eigenvalue weighted by atomic mass is 9.97. The molecule has 0 aromatic heterocycles. The van der Waals surface area contributed by atoms with Crippen LogP contribution < -0.4 is 4.74 Å². The predicted octanol–water partition coefficient (Wildman–Crippen LogP) is 3.02. The largest absolute Gasteiger partial charge is 0.487 e. The van der Waals surface area contributed by atoms with Gasteiger partial charge in [-0.05, 0) is 44.9 Å². The van der Waals surface area contributed by atoms with E-state index in [0.29, 0.717) is 0 Å². The summed E-state index contributed by atoms with van der Waals surface area (Å²) < 4.78 is 5.86. The molecule has 0 amide bonds. The van der Waals surface area contributed by atoms with Crippen LogP contribution in [0.5, 0.6) is 5.75 Å². The first kappa shape index (κ1) is 8.61. The van der Waals surface area contributed by atoms with E-state index in [4.69, 9.17) is 4.74 Å². The zero-order valence-electron chi connectivity index (χ0n) is 8.77. The highest BCUT2D eigenvalue weighted by Crippen LogP contribution is 2.37. The number of hydrogen-bond acceptors (Lipinski definition) is 1. The summed E-state index contributed by atoms with van der Waals surface area (Å²) in [6.45, 7) is 8.56. The van der Waals surface area contributed by atoms with Crippen LogP contribution in [0, 0.1) is 13.8 Å². The van der Waals surface area contributed by atoms with Gasteiger partial charge in [0.2, 0.25) is 0 Å². The molecule has 1 aromatic rings. The van der Waals surface area contributed by atoms with Crippen molar-refractivity contribution in [3.63, 3.8) is 0 Å². The van der Waals surface area contributed by atoms with Gasteiger partial charge in [0.25, 0.3) is 0 Å². The summed E-state index contributed by atoms with van der Waals surface area (Å²) in [7, 11) is 0. The second-order valence-corrected chi connectivity index (χ2v) is 4.60. The van der Waals surface area contributed by atoms with Crippen LogP contribution >= 0.6 is 0 Å². The molecule has 1 aromatic carbocycles. The van der Waals surface area contributed by atoms with E-state index >= 15 is 0 Å². The Labute approximate surface area is 79.7 Å². The molecule has 70 valence electrons. The van der Waals surface area contributed by atoms with Gasteiger partial charge in [0.05, 0.1) is 0 Å². The summed E-state index contributed by atoms with van der Waals surface area (Å²) in [4.78, 5) is 0. The molecule has 1 nitrogen and oxygen atoms in total. The second-order valence-electron chi connectivity index (χ2n) is 4.60. The summed E-state index contributed by atoms with van der Waals surface area (Å²) in [5.74, 6) is 1.09. The first-order chi connectivity index (χ1) is 5.98. The van der Waals surface area contributed by atoms with Gasteiger partial charge in [-0.25, -0.2) is 0 Å². The third-order valence-electron chi connectivity index (χ3n) is 2.57. The van der Waals surface area contributed by atoms with Crippen molar-refractivity contribution in [1.82, 2.24) is 0 Å².